The highest BCUT2D eigenvalue weighted by Gasteiger charge is 2.36. The summed E-state index contributed by atoms with van der Waals surface area (Å²) in [5, 5.41) is 2.20. The molecule has 4 atom stereocenters. The molecule has 106 valence electrons. The number of hydrogen-bond acceptors (Lipinski definition) is 3. The minimum absolute atomic E-state index is 0.378. The van der Waals surface area contributed by atoms with Gasteiger partial charge in [-0.05, 0) is 60.9 Å². The van der Waals surface area contributed by atoms with Crippen molar-refractivity contribution in [3.05, 3.63) is 21.9 Å². The van der Waals surface area contributed by atoms with Crippen molar-refractivity contribution in [2.24, 2.45) is 23.6 Å². The number of nitrogens with two attached hydrogens (primary N) is 1. The van der Waals surface area contributed by atoms with Crippen LogP contribution >= 0.6 is 11.3 Å². The zero-order valence-corrected chi connectivity index (χ0v) is 12.7. The van der Waals surface area contributed by atoms with E-state index in [0.29, 0.717) is 6.04 Å². The van der Waals surface area contributed by atoms with Gasteiger partial charge in [-0.2, -0.15) is 0 Å². The van der Waals surface area contributed by atoms with E-state index in [1.807, 2.05) is 11.3 Å². The summed E-state index contributed by atoms with van der Waals surface area (Å²) >= 11 is 1.86. The second-order valence-corrected chi connectivity index (χ2v) is 7.44. The molecule has 1 aromatic heterocycles. The molecule has 0 bridgehead atoms. The molecule has 4 unspecified atom stereocenters. The molecule has 0 amide bonds. The van der Waals surface area contributed by atoms with Gasteiger partial charge in [0.2, 0.25) is 0 Å². The van der Waals surface area contributed by atoms with Crippen LogP contribution in [0, 0.1) is 24.7 Å². The molecule has 0 saturated heterocycles. The van der Waals surface area contributed by atoms with Crippen molar-refractivity contribution < 1.29 is 0 Å². The fourth-order valence-corrected chi connectivity index (χ4v) is 5.42. The largest absolute Gasteiger partial charge is 0.271 e. The second-order valence-electron chi connectivity index (χ2n) is 6.49. The van der Waals surface area contributed by atoms with Gasteiger partial charge in [0.25, 0.3) is 0 Å². The standard InChI is InChI=1S/C16H26N2S/c1-11-8-9-19-16(11)15(18-17)14-7-6-12-4-2-3-5-13(12)10-14/h8-9,12-15,18H,2-7,10,17H2,1H3. The van der Waals surface area contributed by atoms with Gasteiger partial charge in [0.05, 0.1) is 6.04 Å². The Morgan fingerprint density at radius 1 is 1.21 bits per heavy atom. The van der Waals surface area contributed by atoms with Gasteiger partial charge in [0.1, 0.15) is 0 Å². The van der Waals surface area contributed by atoms with Crippen LogP contribution in [-0.4, -0.2) is 0 Å². The first-order valence-corrected chi connectivity index (χ1v) is 8.67. The van der Waals surface area contributed by atoms with Crippen LogP contribution in [-0.2, 0) is 0 Å². The summed E-state index contributed by atoms with van der Waals surface area (Å²) in [4.78, 5) is 1.46. The molecule has 2 saturated carbocycles. The van der Waals surface area contributed by atoms with Gasteiger partial charge < -0.3 is 0 Å². The Labute approximate surface area is 120 Å². The zero-order valence-electron chi connectivity index (χ0n) is 11.9. The van der Waals surface area contributed by atoms with Crippen LogP contribution in [0.25, 0.3) is 0 Å². The number of fused-ring (bicyclic) bond motifs is 1. The lowest BCUT2D eigenvalue weighted by atomic mass is 9.66. The molecule has 19 heavy (non-hydrogen) atoms. The molecular weight excluding hydrogens is 252 g/mol. The summed E-state index contributed by atoms with van der Waals surface area (Å²) < 4.78 is 0. The number of hydrogen-bond donors (Lipinski definition) is 2. The Morgan fingerprint density at radius 3 is 2.68 bits per heavy atom. The Hall–Kier alpha value is -0.380. The van der Waals surface area contributed by atoms with E-state index in [-0.39, 0.29) is 0 Å². The van der Waals surface area contributed by atoms with Crippen molar-refractivity contribution >= 4 is 11.3 Å². The van der Waals surface area contributed by atoms with E-state index in [4.69, 9.17) is 5.84 Å². The van der Waals surface area contributed by atoms with E-state index in [1.54, 1.807) is 0 Å². The average molecular weight is 278 g/mol. The quantitative estimate of drug-likeness (QED) is 0.643. The Kier molecular flexibility index (Phi) is 4.25. The molecule has 3 rings (SSSR count). The molecule has 2 fully saturated rings. The van der Waals surface area contributed by atoms with Crippen molar-refractivity contribution in [3.63, 3.8) is 0 Å². The number of hydrazine groups is 1. The summed E-state index contributed by atoms with van der Waals surface area (Å²) in [6.45, 7) is 2.21. The molecule has 0 radical (unpaired) electrons. The summed E-state index contributed by atoms with van der Waals surface area (Å²) in [5.41, 5.74) is 4.52. The lowest BCUT2D eigenvalue weighted by molar-refractivity contribution is 0.110. The highest BCUT2D eigenvalue weighted by Crippen LogP contribution is 2.46. The van der Waals surface area contributed by atoms with Crippen LogP contribution in [0.15, 0.2) is 11.4 Å². The van der Waals surface area contributed by atoms with Gasteiger partial charge in [-0.1, -0.05) is 25.7 Å². The molecule has 0 aromatic carbocycles. The van der Waals surface area contributed by atoms with E-state index in [2.05, 4.69) is 23.8 Å². The van der Waals surface area contributed by atoms with Gasteiger partial charge in [-0.15, -0.1) is 11.3 Å². The van der Waals surface area contributed by atoms with Crippen molar-refractivity contribution in [2.75, 3.05) is 0 Å². The maximum atomic E-state index is 5.89. The molecule has 0 aliphatic heterocycles. The number of nitrogens with one attached hydrogen (secondary N) is 1. The monoisotopic (exact) mass is 278 g/mol. The minimum atomic E-state index is 0.378. The molecular formula is C16H26N2S. The van der Waals surface area contributed by atoms with E-state index < -0.39 is 0 Å². The predicted molar refractivity (Wildman–Crippen MR) is 81.9 cm³/mol. The number of aryl methyl sites for hydroxylation is 1. The Balaban J connectivity index is 1.72. The van der Waals surface area contributed by atoms with Crippen LogP contribution < -0.4 is 11.3 Å². The SMILES string of the molecule is Cc1ccsc1C(NN)C1CCC2CCCCC2C1. The molecule has 2 aliphatic rings. The third-order valence-electron chi connectivity index (χ3n) is 5.42. The summed E-state index contributed by atoms with van der Waals surface area (Å²) in [5.74, 6) is 8.62. The highest BCUT2D eigenvalue weighted by atomic mass is 32.1. The van der Waals surface area contributed by atoms with Gasteiger partial charge in [0.15, 0.2) is 0 Å². The lowest BCUT2D eigenvalue weighted by Crippen LogP contribution is -2.38. The maximum absolute atomic E-state index is 5.89. The van der Waals surface area contributed by atoms with Crippen LogP contribution in [0.1, 0.15) is 61.4 Å². The fourth-order valence-electron chi connectivity index (χ4n) is 4.34. The molecule has 1 aromatic rings. The van der Waals surface area contributed by atoms with E-state index in [9.17, 15) is 0 Å². The van der Waals surface area contributed by atoms with Crippen LogP contribution in [0.5, 0.6) is 0 Å². The van der Waals surface area contributed by atoms with Crippen LogP contribution in [0.3, 0.4) is 0 Å². The summed E-state index contributed by atoms with van der Waals surface area (Å²) in [7, 11) is 0. The second kappa shape index (κ2) is 5.94. The lowest BCUT2D eigenvalue weighted by Gasteiger charge is -2.41. The third kappa shape index (κ3) is 2.74. The van der Waals surface area contributed by atoms with Gasteiger partial charge in [-0.25, -0.2) is 0 Å². The van der Waals surface area contributed by atoms with Crippen molar-refractivity contribution in [2.45, 2.75) is 57.9 Å². The topological polar surface area (TPSA) is 38.0 Å². The van der Waals surface area contributed by atoms with Crippen LogP contribution in [0.4, 0.5) is 0 Å². The molecule has 3 heteroatoms. The summed E-state index contributed by atoms with van der Waals surface area (Å²) in [6, 6.07) is 2.60. The third-order valence-corrected chi connectivity index (χ3v) is 6.52. The van der Waals surface area contributed by atoms with Gasteiger partial charge in [-0.3, -0.25) is 11.3 Å². The maximum Gasteiger partial charge on any atom is 0.0584 e. The van der Waals surface area contributed by atoms with Crippen LogP contribution in [0.2, 0.25) is 0 Å². The van der Waals surface area contributed by atoms with Gasteiger partial charge >= 0.3 is 0 Å². The van der Waals surface area contributed by atoms with Crippen molar-refractivity contribution in [1.29, 1.82) is 0 Å². The molecule has 2 nitrogen and oxygen atoms in total. The predicted octanol–water partition coefficient (Wildman–Crippen LogP) is 4.17. The summed E-state index contributed by atoms with van der Waals surface area (Å²) in [6.07, 6.45) is 10.0. The van der Waals surface area contributed by atoms with Crippen molar-refractivity contribution in [1.82, 2.24) is 5.43 Å². The first kappa shape index (κ1) is 13.6. The first-order chi connectivity index (χ1) is 9.29. The van der Waals surface area contributed by atoms with Gasteiger partial charge in [0, 0.05) is 4.88 Å². The van der Waals surface area contributed by atoms with E-state index in [1.165, 1.54) is 55.4 Å². The number of thiophene rings is 1. The average Bonchev–Trinajstić information content (AvgIpc) is 2.86. The Bertz CT molecular complexity index is 415. The fraction of sp³-hybridized carbons (Fsp3) is 0.750. The van der Waals surface area contributed by atoms with E-state index in [0.717, 1.165) is 17.8 Å². The molecule has 0 spiro atoms. The highest BCUT2D eigenvalue weighted by molar-refractivity contribution is 7.10. The molecule has 3 N–H and O–H groups in total. The zero-order chi connectivity index (χ0) is 13.2. The smallest absolute Gasteiger partial charge is 0.0584 e. The molecule has 2 aliphatic carbocycles. The Morgan fingerprint density at radius 2 is 2.00 bits per heavy atom. The molecule has 1 heterocycles. The first-order valence-electron chi connectivity index (χ1n) is 7.79. The normalized spacial score (nSPS) is 32.8. The van der Waals surface area contributed by atoms with Crippen molar-refractivity contribution in [3.8, 4) is 0 Å². The number of rotatable bonds is 3. The van der Waals surface area contributed by atoms with E-state index >= 15 is 0 Å². The minimum Gasteiger partial charge on any atom is -0.271 e.